The summed E-state index contributed by atoms with van der Waals surface area (Å²) < 4.78 is 1.73. The second kappa shape index (κ2) is 6.44. The molecule has 0 fully saturated rings. The largest absolute Gasteiger partial charge is 0.383 e. The highest BCUT2D eigenvalue weighted by atomic mass is 35.5. The maximum absolute atomic E-state index is 9.26. The first-order chi connectivity index (χ1) is 9.65. The molecular formula is C15H17ClN4. The second-order valence-corrected chi connectivity index (χ2v) is 5.14. The summed E-state index contributed by atoms with van der Waals surface area (Å²) in [5.41, 5.74) is 8.26. The summed E-state index contributed by atoms with van der Waals surface area (Å²) in [6.07, 6.45) is 2.65. The fraction of sp³-hybridized carbons (Fsp3) is 0.333. The fourth-order valence-electron chi connectivity index (χ4n) is 2.05. The van der Waals surface area contributed by atoms with E-state index >= 15 is 0 Å². The Morgan fingerprint density at radius 1 is 1.35 bits per heavy atom. The molecule has 4 nitrogen and oxygen atoms in total. The van der Waals surface area contributed by atoms with Crippen LogP contribution in [0.4, 0.5) is 5.82 Å². The Hall–Kier alpha value is -1.99. The Kier molecular flexibility index (Phi) is 4.65. The number of rotatable bonds is 5. The van der Waals surface area contributed by atoms with E-state index in [1.54, 1.807) is 4.68 Å². The van der Waals surface area contributed by atoms with Crippen molar-refractivity contribution in [3.63, 3.8) is 0 Å². The second-order valence-electron chi connectivity index (χ2n) is 4.70. The Labute approximate surface area is 123 Å². The van der Waals surface area contributed by atoms with Gasteiger partial charge in [-0.25, -0.2) is 4.68 Å². The fourth-order valence-corrected chi connectivity index (χ4v) is 2.17. The van der Waals surface area contributed by atoms with E-state index in [1.807, 2.05) is 24.3 Å². The minimum atomic E-state index is 0.463. The first-order valence-electron chi connectivity index (χ1n) is 6.65. The summed E-state index contributed by atoms with van der Waals surface area (Å²) in [4.78, 5) is 0. The number of nitrogens with zero attached hydrogens (tertiary/aromatic N) is 3. The van der Waals surface area contributed by atoms with Crippen LogP contribution in [-0.2, 0) is 13.0 Å². The van der Waals surface area contributed by atoms with Gasteiger partial charge >= 0.3 is 0 Å². The first-order valence-corrected chi connectivity index (χ1v) is 7.03. The van der Waals surface area contributed by atoms with Crippen LogP contribution >= 0.6 is 11.6 Å². The van der Waals surface area contributed by atoms with Crippen molar-refractivity contribution in [3.05, 3.63) is 46.1 Å². The Morgan fingerprint density at radius 3 is 2.65 bits per heavy atom. The zero-order chi connectivity index (χ0) is 14.5. The summed E-state index contributed by atoms with van der Waals surface area (Å²) in [6.45, 7) is 2.86. The molecule has 2 aromatic rings. The molecule has 0 aliphatic rings. The zero-order valence-electron chi connectivity index (χ0n) is 11.4. The van der Waals surface area contributed by atoms with E-state index in [-0.39, 0.29) is 0 Å². The Balaban J connectivity index is 2.27. The molecule has 1 aromatic heterocycles. The van der Waals surface area contributed by atoms with E-state index in [1.165, 1.54) is 0 Å². The minimum Gasteiger partial charge on any atom is -0.383 e. The van der Waals surface area contributed by atoms with Crippen LogP contribution in [0.1, 0.15) is 36.6 Å². The van der Waals surface area contributed by atoms with Crippen LogP contribution in [-0.4, -0.2) is 9.78 Å². The van der Waals surface area contributed by atoms with E-state index in [4.69, 9.17) is 17.3 Å². The molecule has 0 bridgehead atoms. The number of nitriles is 1. The maximum Gasteiger partial charge on any atom is 0.140 e. The molecule has 20 heavy (non-hydrogen) atoms. The monoisotopic (exact) mass is 288 g/mol. The van der Waals surface area contributed by atoms with Gasteiger partial charge in [-0.05, 0) is 24.1 Å². The van der Waals surface area contributed by atoms with Gasteiger partial charge < -0.3 is 5.73 Å². The van der Waals surface area contributed by atoms with E-state index in [9.17, 15) is 5.26 Å². The predicted molar refractivity (Wildman–Crippen MR) is 80.5 cm³/mol. The molecule has 0 saturated heterocycles. The van der Waals surface area contributed by atoms with Crippen LogP contribution in [0.3, 0.4) is 0 Å². The van der Waals surface area contributed by atoms with Crippen molar-refractivity contribution in [2.45, 2.75) is 32.7 Å². The van der Waals surface area contributed by atoms with Crippen molar-refractivity contribution in [1.82, 2.24) is 9.78 Å². The topological polar surface area (TPSA) is 67.6 Å². The number of aryl methyl sites for hydroxylation is 1. The number of unbranched alkanes of at least 4 members (excludes halogenated alkanes) is 1. The van der Waals surface area contributed by atoms with E-state index in [0.29, 0.717) is 22.8 Å². The van der Waals surface area contributed by atoms with Gasteiger partial charge in [0, 0.05) is 18.0 Å². The quantitative estimate of drug-likeness (QED) is 0.917. The molecule has 2 rings (SSSR count). The molecule has 1 heterocycles. The molecule has 0 radical (unpaired) electrons. The van der Waals surface area contributed by atoms with E-state index in [2.05, 4.69) is 18.1 Å². The van der Waals surface area contributed by atoms with Gasteiger partial charge in [-0.3, -0.25) is 0 Å². The zero-order valence-corrected chi connectivity index (χ0v) is 12.2. The molecule has 1 aromatic carbocycles. The minimum absolute atomic E-state index is 0.463. The number of anilines is 1. The highest BCUT2D eigenvalue weighted by molar-refractivity contribution is 6.30. The van der Waals surface area contributed by atoms with Gasteiger partial charge in [0.1, 0.15) is 17.5 Å². The molecule has 0 atom stereocenters. The molecule has 104 valence electrons. The number of nitrogens with two attached hydrogens (primary N) is 1. The third kappa shape index (κ3) is 3.12. The molecule has 0 amide bonds. The average molecular weight is 289 g/mol. The van der Waals surface area contributed by atoms with Crippen LogP contribution in [0.25, 0.3) is 0 Å². The van der Waals surface area contributed by atoms with Gasteiger partial charge in [0.15, 0.2) is 0 Å². The lowest BCUT2D eigenvalue weighted by Crippen LogP contribution is -2.05. The highest BCUT2D eigenvalue weighted by Crippen LogP contribution is 2.20. The molecule has 0 spiro atoms. The molecule has 0 saturated carbocycles. The van der Waals surface area contributed by atoms with Crippen LogP contribution in [0.5, 0.6) is 0 Å². The summed E-state index contributed by atoms with van der Waals surface area (Å²) in [6, 6.07) is 9.70. The van der Waals surface area contributed by atoms with Crippen molar-refractivity contribution >= 4 is 17.4 Å². The average Bonchev–Trinajstić information content (AvgIpc) is 2.74. The van der Waals surface area contributed by atoms with Crippen LogP contribution in [0, 0.1) is 11.3 Å². The van der Waals surface area contributed by atoms with Crippen LogP contribution in [0.15, 0.2) is 24.3 Å². The standard InChI is InChI=1S/C15H17ClN4/c1-2-3-8-20-15(18)13(10-17)14(19-20)9-11-4-6-12(16)7-5-11/h4-7H,2-3,8-9,18H2,1H3. The normalized spacial score (nSPS) is 10.4. The van der Waals surface area contributed by atoms with Crippen molar-refractivity contribution in [2.75, 3.05) is 5.73 Å². The lowest BCUT2D eigenvalue weighted by molar-refractivity contribution is 0.573. The van der Waals surface area contributed by atoms with Crippen molar-refractivity contribution in [1.29, 1.82) is 5.26 Å². The first kappa shape index (κ1) is 14.4. The molecule has 5 heteroatoms. The number of hydrogen-bond donors (Lipinski definition) is 1. The van der Waals surface area contributed by atoms with Gasteiger partial charge in [0.05, 0.1) is 5.69 Å². The van der Waals surface area contributed by atoms with Gasteiger partial charge in [0.25, 0.3) is 0 Å². The SMILES string of the molecule is CCCCn1nc(Cc2ccc(Cl)cc2)c(C#N)c1N. The highest BCUT2D eigenvalue weighted by Gasteiger charge is 2.15. The molecule has 2 N–H and O–H groups in total. The summed E-state index contributed by atoms with van der Waals surface area (Å²) in [5, 5.41) is 14.4. The number of halogens is 1. The van der Waals surface area contributed by atoms with Crippen molar-refractivity contribution in [2.24, 2.45) is 0 Å². The number of benzene rings is 1. The summed E-state index contributed by atoms with van der Waals surface area (Å²) >= 11 is 5.87. The van der Waals surface area contributed by atoms with Gasteiger partial charge in [0.2, 0.25) is 0 Å². The third-order valence-corrected chi connectivity index (χ3v) is 3.44. The van der Waals surface area contributed by atoms with Gasteiger partial charge in [-0.1, -0.05) is 37.1 Å². The van der Waals surface area contributed by atoms with Crippen molar-refractivity contribution in [3.8, 4) is 6.07 Å². The van der Waals surface area contributed by atoms with E-state index < -0.39 is 0 Å². The van der Waals surface area contributed by atoms with E-state index in [0.717, 1.165) is 30.6 Å². The Morgan fingerprint density at radius 2 is 2.05 bits per heavy atom. The Bertz CT molecular complexity index is 623. The third-order valence-electron chi connectivity index (χ3n) is 3.18. The smallest absolute Gasteiger partial charge is 0.140 e. The number of hydrogen-bond acceptors (Lipinski definition) is 3. The number of aromatic nitrogens is 2. The molecular weight excluding hydrogens is 272 g/mol. The molecule has 0 aliphatic heterocycles. The van der Waals surface area contributed by atoms with Crippen molar-refractivity contribution < 1.29 is 0 Å². The maximum atomic E-state index is 9.26. The summed E-state index contributed by atoms with van der Waals surface area (Å²) in [5.74, 6) is 0.463. The summed E-state index contributed by atoms with van der Waals surface area (Å²) in [7, 11) is 0. The predicted octanol–water partition coefficient (Wildman–Crippen LogP) is 3.38. The molecule has 0 aliphatic carbocycles. The lowest BCUT2D eigenvalue weighted by atomic mass is 10.1. The lowest BCUT2D eigenvalue weighted by Gasteiger charge is -2.01. The van der Waals surface area contributed by atoms with Gasteiger partial charge in [-0.15, -0.1) is 0 Å². The van der Waals surface area contributed by atoms with Gasteiger partial charge in [-0.2, -0.15) is 10.4 Å². The molecule has 0 unspecified atom stereocenters. The van der Waals surface area contributed by atoms with Crippen LogP contribution < -0.4 is 5.73 Å². The van der Waals surface area contributed by atoms with Crippen LogP contribution in [0.2, 0.25) is 5.02 Å². The number of nitrogen functional groups attached to an aromatic ring is 1.